The largest absolute Gasteiger partial charge is 0.375 e. The van der Waals surface area contributed by atoms with Crippen LogP contribution in [0.1, 0.15) is 60.8 Å². The molecule has 0 aliphatic rings. The third-order valence-corrected chi connectivity index (χ3v) is 2.88. The van der Waals surface area contributed by atoms with Gasteiger partial charge in [-0.25, -0.2) is 0 Å². The summed E-state index contributed by atoms with van der Waals surface area (Å²) in [5, 5.41) is 0. The maximum absolute atomic E-state index is 6.04. The van der Waals surface area contributed by atoms with Crippen molar-refractivity contribution in [2.45, 2.75) is 78.6 Å². The fourth-order valence-corrected chi connectivity index (χ4v) is 1.89. The first-order valence-corrected chi connectivity index (χ1v) is 7.20. The Morgan fingerprint density at radius 2 is 1.83 bits per heavy atom. The summed E-state index contributed by atoms with van der Waals surface area (Å²) >= 11 is 0. The Morgan fingerprint density at radius 3 is 2.22 bits per heavy atom. The van der Waals surface area contributed by atoms with E-state index in [1.165, 1.54) is 0 Å². The zero-order valence-electron chi connectivity index (χ0n) is 13.2. The lowest BCUT2D eigenvalue weighted by atomic mass is 9.95. The SMILES string of the molecule is C=CCCC(OC(C)C)C(CC)COC(C)(C)C. The van der Waals surface area contributed by atoms with Crippen LogP contribution in [0, 0.1) is 5.92 Å². The first-order chi connectivity index (χ1) is 8.30. The third-order valence-electron chi connectivity index (χ3n) is 2.88. The van der Waals surface area contributed by atoms with Crippen molar-refractivity contribution in [1.82, 2.24) is 0 Å². The van der Waals surface area contributed by atoms with Crippen LogP contribution in [0.15, 0.2) is 12.7 Å². The van der Waals surface area contributed by atoms with Crippen LogP contribution in [0.4, 0.5) is 0 Å². The molecular weight excluding hydrogens is 224 g/mol. The molecule has 2 unspecified atom stereocenters. The first kappa shape index (κ1) is 17.7. The van der Waals surface area contributed by atoms with E-state index in [9.17, 15) is 0 Å². The molecule has 0 spiro atoms. The van der Waals surface area contributed by atoms with Crippen LogP contribution in [0.2, 0.25) is 0 Å². The highest BCUT2D eigenvalue weighted by Gasteiger charge is 2.23. The van der Waals surface area contributed by atoms with E-state index in [0.29, 0.717) is 5.92 Å². The van der Waals surface area contributed by atoms with Crippen molar-refractivity contribution in [2.75, 3.05) is 6.61 Å². The molecule has 0 N–H and O–H groups in total. The molecule has 0 fully saturated rings. The molecule has 0 radical (unpaired) electrons. The summed E-state index contributed by atoms with van der Waals surface area (Å²) in [7, 11) is 0. The predicted molar refractivity (Wildman–Crippen MR) is 78.9 cm³/mol. The molecule has 18 heavy (non-hydrogen) atoms. The van der Waals surface area contributed by atoms with E-state index in [2.05, 4.69) is 48.1 Å². The maximum Gasteiger partial charge on any atom is 0.0631 e. The van der Waals surface area contributed by atoms with Crippen LogP contribution in [0.5, 0.6) is 0 Å². The summed E-state index contributed by atoms with van der Waals surface area (Å²) in [5.41, 5.74) is -0.0752. The Balaban J connectivity index is 4.43. The molecule has 0 aromatic heterocycles. The van der Waals surface area contributed by atoms with Crippen LogP contribution in [0.25, 0.3) is 0 Å². The summed E-state index contributed by atoms with van der Waals surface area (Å²) in [6.07, 6.45) is 5.63. The average Bonchev–Trinajstić information content (AvgIpc) is 2.24. The van der Waals surface area contributed by atoms with Gasteiger partial charge in [-0.2, -0.15) is 0 Å². The molecule has 0 saturated heterocycles. The number of allylic oxidation sites excluding steroid dienone is 1. The molecule has 0 rings (SSSR count). The number of ether oxygens (including phenoxy) is 2. The minimum atomic E-state index is -0.0752. The van der Waals surface area contributed by atoms with Gasteiger partial charge in [-0.05, 0) is 53.9 Å². The predicted octanol–water partition coefficient (Wildman–Crippen LogP) is 4.59. The van der Waals surface area contributed by atoms with Gasteiger partial charge in [0.1, 0.15) is 0 Å². The summed E-state index contributed by atoms with van der Waals surface area (Å²) in [6.45, 7) is 17.3. The van der Waals surface area contributed by atoms with Gasteiger partial charge < -0.3 is 9.47 Å². The molecular formula is C16H32O2. The Bertz CT molecular complexity index is 216. The van der Waals surface area contributed by atoms with Crippen molar-refractivity contribution >= 4 is 0 Å². The minimum absolute atomic E-state index is 0.0752. The fourth-order valence-electron chi connectivity index (χ4n) is 1.89. The number of rotatable bonds is 9. The molecule has 2 atom stereocenters. The summed E-state index contributed by atoms with van der Waals surface area (Å²) in [6, 6.07) is 0. The van der Waals surface area contributed by atoms with Crippen molar-refractivity contribution in [2.24, 2.45) is 5.92 Å². The minimum Gasteiger partial charge on any atom is -0.375 e. The van der Waals surface area contributed by atoms with Crippen LogP contribution >= 0.6 is 0 Å². The van der Waals surface area contributed by atoms with Crippen LogP contribution in [0.3, 0.4) is 0 Å². The van der Waals surface area contributed by atoms with Crippen molar-refractivity contribution in [3.8, 4) is 0 Å². The van der Waals surface area contributed by atoms with Crippen molar-refractivity contribution < 1.29 is 9.47 Å². The highest BCUT2D eigenvalue weighted by Crippen LogP contribution is 2.22. The van der Waals surface area contributed by atoms with E-state index in [1.807, 2.05) is 6.08 Å². The van der Waals surface area contributed by atoms with Gasteiger partial charge in [0, 0.05) is 5.92 Å². The zero-order valence-corrected chi connectivity index (χ0v) is 13.2. The molecule has 0 heterocycles. The monoisotopic (exact) mass is 256 g/mol. The van der Waals surface area contributed by atoms with Gasteiger partial charge >= 0.3 is 0 Å². The summed E-state index contributed by atoms with van der Waals surface area (Å²) in [5.74, 6) is 0.464. The van der Waals surface area contributed by atoms with Gasteiger partial charge in [-0.1, -0.05) is 13.0 Å². The van der Waals surface area contributed by atoms with Crippen LogP contribution in [-0.4, -0.2) is 24.4 Å². The Hall–Kier alpha value is -0.340. The maximum atomic E-state index is 6.04. The van der Waals surface area contributed by atoms with E-state index >= 15 is 0 Å². The van der Waals surface area contributed by atoms with E-state index in [1.54, 1.807) is 0 Å². The second-order valence-corrected chi connectivity index (χ2v) is 6.18. The van der Waals surface area contributed by atoms with E-state index in [-0.39, 0.29) is 17.8 Å². The molecule has 0 aromatic rings. The average molecular weight is 256 g/mol. The number of hydrogen-bond acceptors (Lipinski definition) is 2. The Kier molecular flexibility index (Phi) is 8.54. The smallest absolute Gasteiger partial charge is 0.0631 e. The highest BCUT2D eigenvalue weighted by atomic mass is 16.5. The second-order valence-electron chi connectivity index (χ2n) is 6.18. The van der Waals surface area contributed by atoms with E-state index in [4.69, 9.17) is 9.47 Å². The standard InChI is InChI=1S/C16H32O2/c1-8-10-11-15(18-13(3)4)14(9-2)12-17-16(5,6)7/h8,13-15H,1,9-12H2,2-7H3. The Labute approximate surface area is 114 Å². The third kappa shape index (κ3) is 8.71. The second kappa shape index (κ2) is 8.71. The van der Waals surface area contributed by atoms with Gasteiger partial charge in [0.05, 0.1) is 24.4 Å². The number of hydrogen-bond donors (Lipinski definition) is 0. The molecule has 0 bridgehead atoms. The van der Waals surface area contributed by atoms with Crippen LogP contribution < -0.4 is 0 Å². The van der Waals surface area contributed by atoms with Gasteiger partial charge in [-0.3, -0.25) is 0 Å². The fraction of sp³-hybridized carbons (Fsp3) is 0.875. The van der Waals surface area contributed by atoms with E-state index < -0.39 is 0 Å². The molecule has 0 aromatic carbocycles. The lowest BCUT2D eigenvalue weighted by Crippen LogP contribution is -2.33. The lowest BCUT2D eigenvalue weighted by Gasteiger charge is -2.30. The summed E-state index contributed by atoms with van der Waals surface area (Å²) < 4.78 is 12.0. The lowest BCUT2D eigenvalue weighted by molar-refractivity contribution is -0.0837. The van der Waals surface area contributed by atoms with Gasteiger partial charge in [0.2, 0.25) is 0 Å². The molecule has 0 aliphatic carbocycles. The van der Waals surface area contributed by atoms with Gasteiger partial charge in [0.15, 0.2) is 0 Å². The molecule has 2 heteroatoms. The van der Waals surface area contributed by atoms with E-state index in [0.717, 1.165) is 25.9 Å². The first-order valence-electron chi connectivity index (χ1n) is 7.20. The summed E-state index contributed by atoms with van der Waals surface area (Å²) in [4.78, 5) is 0. The normalized spacial score (nSPS) is 15.7. The van der Waals surface area contributed by atoms with Crippen molar-refractivity contribution in [1.29, 1.82) is 0 Å². The van der Waals surface area contributed by atoms with Crippen molar-refractivity contribution in [3.05, 3.63) is 12.7 Å². The van der Waals surface area contributed by atoms with Gasteiger partial charge in [0.25, 0.3) is 0 Å². The molecule has 108 valence electrons. The quantitative estimate of drug-likeness (QED) is 0.562. The van der Waals surface area contributed by atoms with Gasteiger partial charge in [-0.15, -0.1) is 6.58 Å². The zero-order chi connectivity index (χ0) is 14.2. The molecule has 0 amide bonds. The van der Waals surface area contributed by atoms with Crippen LogP contribution in [-0.2, 0) is 9.47 Å². The molecule has 0 saturated carbocycles. The molecule has 0 aliphatic heterocycles. The highest BCUT2D eigenvalue weighted by molar-refractivity contribution is 4.76. The molecule has 2 nitrogen and oxygen atoms in total. The van der Waals surface area contributed by atoms with Crippen molar-refractivity contribution in [3.63, 3.8) is 0 Å². The topological polar surface area (TPSA) is 18.5 Å². The Morgan fingerprint density at radius 1 is 1.22 bits per heavy atom.